The Morgan fingerprint density at radius 3 is 2.71 bits per heavy atom. The summed E-state index contributed by atoms with van der Waals surface area (Å²) in [4.78, 5) is 21.7. The third kappa shape index (κ3) is 3.86. The second-order valence-corrected chi connectivity index (χ2v) is 3.58. The highest BCUT2D eigenvalue weighted by Gasteiger charge is 2.11. The largest absolute Gasteiger partial charge is 0.478 e. The van der Waals surface area contributed by atoms with Gasteiger partial charge >= 0.3 is 5.97 Å². The number of rotatable bonds is 5. The van der Waals surface area contributed by atoms with Crippen LogP contribution in [-0.2, 0) is 11.3 Å². The molecule has 0 aliphatic carbocycles. The van der Waals surface area contributed by atoms with Gasteiger partial charge in [0.25, 0.3) is 5.91 Å². The van der Waals surface area contributed by atoms with Crippen molar-refractivity contribution >= 4 is 11.9 Å². The average molecular weight is 238 g/mol. The van der Waals surface area contributed by atoms with Crippen LogP contribution in [0.1, 0.15) is 22.8 Å². The van der Waals surface area contributed by atoms with Gasteiger partial charge in [0.2, 0.25) is 0 Å². The Morgan fingerprint density at radius 1 is 1.41 bits per heavy atom. The Labute approximate surface area is 98.2 Å². The molecule has 0 spiro atoms. The van der Waals surface area contributed by atoms with Gasteiger partial charge in [-0.15, -0.1) is 0 Å². The number of aromatic carboxylic acids is 1. The Hall–Kier alpha value is -1.92. The Balaban J connectivity index is 2.60. The average Bonchev–Trinajstić information content (AvgIpc) is 2.35. The van der Waals surface area contributed by atoms with Crippen molar-refractivity contribution in [2.24, 2.45) is 0 Å². The summed E-state index contributed by atoms with van der Waals surface area (Å²) in [5.74, 6) is -1.53. The van der Waals surface area contributed by atoms with Crippen molar-refractivity contribution in [1.29, 1.82) is 0 Å². The maximum atomic E-state index is 11.0. The SMILES string of the molecule is C[C@@H](NCc1cccc(C(=O)O)c1)C(=O)NO. The molecule has 92 valence electrons. The number of amides is 1. The van der Waals surface area contributed by atoms with Crippen LogP contribution in [0.25, 0.3) is 0 Å². The molecular formula is C11H14N2O4. The van der Waals surface area contributed by atoms with Crippen LogP contribution in [0.3, 0.4) is 0 Å². The van der Waals surface area contributed by atoms with Crippen LogP contribution in [-0.4, -0.2) is 28.2 Å². The first-order chi connectivity index (χ1) is 8.04. The Morgan fingerprint density at radius 2 is 2.12 bits per heavy atom. The van der Waals surface area contributed by atoms with Crippen LogP contribution in [0.15, 0.2) is 24.3 Å². The quantitative estimate of drug-likeness (QED) is 0.439. The number of carbonyl (C=O) groups is 2. The molecule has 0 saturated carbocycles. The van der Waals surface area contributed by atoms with Gasteiger partial charge in [0.1, 0.15) is 0 Å². The monoisotopic (exact) mass is 238 g/mol. The lowest BCUT2D eigenvalue weighted by atomic mass is 10.1. The molecule has 1 aromatic rings. The summed E-state index contributed by atoms with van der Waals surface area (Å²) < 4.78 is 0. The minimum atomic E-state index is -0.993. The lowest BCUT2D eigenvalue weighted by Crippen LogP contribution is -2.40. The van der Waals surface area contributed by atoms with Gasteiger partial charge in [0.15, 0.2) is 0 Å². The van der Waals surface area contributed by atoms with Crippen LogP contribution in [0.4, 0.5) is 0 Å². The van der Waals surface area contributed by atoms with E-state index in [0.29, 0.717) is 6.54 Å². The van der Waals surface area contributed by atoms with Crippen molar-refractivity contribution in [1.82, 2.24) is 10.8 Å². The van der Waals surface area contributed by atoms with Gasteiger partial charge in [-0.25, -0.2) is 10.3 Å². The number of carboxylic acid groups (broad SMARTS) is 1. The van der Waals surface area contributed by atoms with E-state index in [2.05, 4.69) is 5.32 Å². The number of carbonyl (C=O) groups excluding carboxylic acids is 1. The molecule has 4 N–H and O–H groups in total. The standard InChI is InChI=1S/C11H14N2O4/c1-7(10(14)13-17)12-6-8-3-2-4-9(5-8)11(15)16/h2-5,7,12,17H,6H2,1H3,(H,13,14)(H,15,16)/t7-/m1/s1. The molecule has 0 radical (unpaired) electrons. The first-order valence-corrected chi connectivity index (χ1v) is 5.04. The van der Waals surface area contributed by atoms with Gasteiger partial charge in [-0.2, -0.15) is 0 Å². The van der Waals surface area contributed by atoms with E-state index in [0.717, 1.165) is 5.56 Å². The van der Waals surface area contributed by atoms with E-state index in [1.807, 2.05) is 0 Å². The minimum Gasteiger partial charge on any atom is -0.478 e. The smallest absolute Gasteiger partial charge is 0.335 e. The Kier molecular flexibility index (Phi) is 4.62. The van der Waals surface area contributed by atoms with Crippen LogP contribution >= 0.6 is 0 Å². The van der Waals surface area contributed by atoms with Crippen molar-refractivity contribution in [3.05, 3.63) is 35.4 Å². The molecule has 17 heavy (non-hydrogen) atoms. The van der Waals surface area contributed by atoms with Crippen LogP contribution in [0, 0.1) is 0 Å². The van der Waals surface area contributed by atoms with E-state index in [1.54, 1.807) is 19.1 Å². The van der Waals surface area contributed by atoms with Crippen LogP contribution in [0.5, 0.6) is 0 Å². The highest BCUT2D eigenvalue weighted by Crippen LogP contribution is 2.05. The lowest BCUT2D eigenvalue weighted by molar-refractivity contribution is -0.131. The molecule has 1 atom stereocenters. The van der Waals surface area contributed by atoms with Gasteiger partial charge in [0.05, 0.1) is 11.6 Å². The predicted molar refractivity (Wildman–Crippen MR) is 59.6 cm³/mol. The summed E-state index contributed by atoms with van der Waals surface area (Å²) in [7, 11) is 0. The molecule has 0 aliphatic rings. The van der Waals surface area contributed by atoms with E-state index < -0.39 is 17.9 Å². The van der Waals surface area contributed by atoms with Crippen molar-refractivity contribution in [3.8, 4) is 0 Å². The highest BCUT2D eigenvalue weighted by molar-refractivity contribution is 5.87. The lowest BCUT2D eigenvalue weighted by Gasteiger charge is -2.11. The summed E-state index contributed by atoms with van der Waals surface area (Å²) in [5.41, 5.74) is 2.49. The molecule has 1 aromatic carbocycles. The molecule has 0 fully saturated rings. The molecule has 0 aliphatic heterocycles. The topological polar surface area (TPSA) is 98.7 Å². The number of benzene rings is 1. The fraction of sp³-hybridized carbons (Fsp3) is 0.273. The maximum absolute atomic E-state index is 11.0. The molecule has 6 nitrogen and oxygen atoms in total. The molecule has 6 heteroatoms. The van der Waals surface area contributed by atoms with Crippen LogP contribution in [0.2, 0.25) is 0 Å². The maximum Gasteiger partial charge on any atom is 0.335 e. The molecule has 0 unspecified atom stereocenters. The van der Waals surface area contributed by atoms with E-state index in [9.17, 15) is 9.59 Å². The number of hydrogen-bond acceptors (Lipinski definition) is 4. The minimum absolute atomic E-state index is 0.198. The molecular weight excluding hydrogens is 224 g/mol. The fourth-order valence-electron chi connectivity index (χ4n) is 1.27. The zero-order chi connectivity index (χ0) is 12.8. The summed E-state index contributed by atoms with van der Waals surface area (Å²) in [6.07, 6.45) is 0. The normalized spacial score (nSPS) is 11.9. The van der Waals surface area contributed by atoms with Gasteiger partial charge in [-0.3, -0.25) is 10.0 Å². The molecule has 0 aromatic heterocycles. The van der Waals surface area contributed by atoms with Crippen molar-refractivity contribution in [2.45, 2.75) is 19.5 Å². The number of hydrogen-bond donors (Lipinski definition) is 4. The molecule has 1 rings (SSSR count). The first-order valence-electron chi connectivity index (χ1n) is 5.04. The zero-order valence-corrected chi connectivity index (χ0v) is 9.30. The van der Waals surface area contributed by atoms with E-state index in [4.69, 9.17) is 10.3 Å². The van der Waals surface area contributed by atoms with Crippen molar-refractivity contribution < 1.29 is 19.9 Å². The summed E-state index contributed by atoms with van der Waals surface area (Å²) in [6, 6.07) is 5.85. The second-order valence-electron chi connectivity index (χ2n) is 3.58. The number of carboxylic acids is 1. The number of hydroxylamine groups is 1. The molecule has 0 heterocycles. The molecule has 1 amide bonds. The zero-order valence-electron chi connectivity index (χ0n) is 9.30. The molecule has 0 bridgehead atoms. The van der Waals surface area contributed by atoms with E-state index in [1.165, 1.54) is 17.6 Å². The summed E-state index contributed by atoms with van der Waals surface area (Å²) in [5, 5.41) is 20.0. The summed E-state index contributed by atoms with van der Waals surface area (Å²) >= 11 is 0. The van der Waals surface area contributed by atoms with Crippen LogP contribution < -0.4 is 10.8 Å². The second kappa shape index (κ2) is 5.97. The van der Waals surface area contributed by atoms with E-state index >= 15 is 0 Å². The van der Waals surface area contributed by atoms with E-state index in [-0.39, 0.29) is 5.56 Å². The Bertz CT molecular complexity index is 420. The highest BCUT2D eigenvalue weighted by atomic mass is 16.5. The predicted octanol–water partition coefficient (Wildman–Crippen LogP) is 0.368. The van der Waals surface area contributed by atoms with Crippen molar-refractivity contribution in [3.63, 3.8) is 0 Å². The summed E-state index contributed by atoms with van der Waals surface area (Å²) in [6.45, 7) is 1.93. The van der Waals surface area contributed by atoms with Gasteiger partial charge in [-0.05, 0) is 24.6 Å². The fourth-order valence-corrected chi connectivity index (χ4v) is 1.27. The van der Waals surface area contributed by atoms with Gasteiger partial charge in [-0.1, -0.05) is 12.1 Å². The first kappa shape index (κ1) is 13.1. The third-order valence-electron chi connectivity index (χ3n) is 2.29. The number of nitrogens with one attached hydrogen (secondary N) is 2. The van der Waals surface area contributed by atoms with Gasteiger partial charge < -0.3 is 10.4 Å². The molecule has 0 saturated heterocycles. The third-order valence-corrected chi connectivity index (χ3v) is 2.29. The van der Waals surface area contributed by atoms with Gasteiger partial charge in [0, 0.05) is 6.54 Å². The van der Waals surface area contributed by atoms with Crippen molar-refractivity contribution in [2.75, 3.05) is 0 Å².